The normalized spacial score (nSPS) is 19.1. The Morgan fingerprint density at radius 2 is 2.20 bits per heavy atom. The van der Waals surface area contributed by atoms with Crippen molar-refractivity contribution in [2.75, 3.05) is 6.61 Å². The summed E-state index contributed by atoms with van der Waals surface area (Å²) in [5, 5.41) is 12.3. The summed E-state index contributed by atoms with van der Waals surface area (Å²) in [6.45, 7) is 11.8. The van der Waals surface area contributed by atoms with Crippen molar-refractivity contribution in [2.45, 2.75) is 66.2 Å². The number of aryl methyl sites for hydroxylation is 1. The van der Waals surface area contributed by atoms with Gasteiger partial charge in [0.15, 0.2) is 0 Å². The van der Waals surface area contributed by atoms with Crippen molar-refractivity contribution < 1.29 is 9.53 Å². The molecule has 0 aliphatic carbocycles. The Morgan fingerprint density at radius 3 is 2.76 bits per heavy atom. The Balaban J connectivity index is 2.20. The van der Waals surface area contributed by atoms with Gasteiger partial charge in [-0.25, -0.2) is 0 Å². The monoisotopic (exact) mass is 343 g/mol. The summed E-state index contributed by atoms with van der Waals surface area (Å²) in [6.07, 6.45) is 4.15. The summed E-state index contributed by atoms with van der Waals surface area (Å²) < 4.78 is 7.94. The van der Waals surface area contributed by atoms with E-state index in [1.54, 1.807) is 6.08 Å². The first kappa shape index (κ1) is 19.3. The first-order valence-electron chi connectivity index (χ1n) is 9.04. The molecule has 2 heterocycles. The Labute approximate surface area is 150 Å². The third-order valence-corrected chi connectivity index (χ3v) is 5.05. The molecule has 1 aliphatic heterocycles. The van der Waals surface area contributed by atoms with Crippen molar-refractivity contribution in [1.82, 2.24) is 9.88 Å². The van der Waals surface area contributed by atoms with E-state index in [9.17, 15) is 10.1 Å². The average Bonchev–Trinajstić information content (AvgIpc) is 3.16. The van der Waals surface area contributed by atoms with Crippen molar-refractivity contribution in [3.8, 4) is 6.07 Å². The van der Waals surface area contributed by atoms with Gasteiger partial charge in [0.05, 0.1) is 6.10 Å². The molecule has 1 amide bonds. The second-order valence-corrected chi connectivity index (χ2v) is 7.25. The molecule has 2 unspecified atom stereocenters. The average molecular weight is 343 g/mol. The van der Waals surface area contributed by atoms with Crippen LogP contribution >= 0.6 is 0 Å². The van der Waals surface area contributed by atoms with Crippen molar-refractivity contribution in [3.63, 3.8) is 0 Å². The van der Waals surface area contributed by atoms with E-state index in [0.717, 1.165) is 42.9 Å². The molecule has 2 rings (SSSR count). The molecule has 1 fully saturated rings. The predicted octanol–water partition coefficient (Wildman–Crippen LogP) is 3.35. The number of rotatable bonds is 6. The first-order valence-corrected chi connectivity index (χ1v) is 9.04. The second kappa shape index (κ2) is 8.35. The van der Waals surface area contributed by atoms with Crippen molar-refractivity contribution in [3.05, 3.63) is 28.6 Å². The summed E-state index contributed by atoms with van der Waals surface area (Å²) in [7, 11) is 0. The van der Waals surface area contributed by atoms with E-state index in [1.807, 2.05) is 46.8 Å². The topological polar surface area (TPSA) is 67.0 Å². The van der Waals surface area contributed by atoms with Gasteiger partial charge in [-0.2, -0.15) is 5.26 Å². The van der Waals surface area contributed by atoms with Crippen LogP contribution in [0.5, 0.6) is 0 Å². The highest BCUT2D eigenvalue weighted by molar-refractivity contribution is 6.02. The van der Waals surface area contributed by atoms with Crippen LogP contribution in [-0.2, 0) is 16.1 Å². The standard InChI is InChI=1S/C20H29N3O2/c1-13(2)15(4)22-20(24)18(11-21)10-17-9-14(3)23(16(17)5)12-19-7-6-8-25-19/h9-10,13,15,19H,6-8,12H2,1-5H3,(H,22,24)/b18-10+. The van der Waals surface area contributed by atoms with Gasteiger partial charge in [-0.05, 0) is 57.2 Å². The number of hydrogen-bond acceptors (Lipinski definition) is 3. The molecule has 25 heavy (non-hydrogen) atoms. The highest BCUT2D eigenvalue weighted by Crippen LogP contribution is 2.22. The van der Waals surface area contributed by atoms with Gasteiger partial charge in [0.2, 0.25) is 0 Å². The molecule has 1 aromatic heterocycles. The zero-order valence-corrected chi connectivity index (χ0v) is 15.9. The molecule has 1 aromatic rings. The summed E-state index contributed by atoms with van der Waals surface area (Å²) in [5.41, 5.74) is 3.24. The highest BCUT2D eigenvalue weighted by Gasteiger charge is 2.20. The molecule has 0 bridgehead atoms. The SMILES string of the molecule is Cc1cc(/C=C(\C#N)C(=O)NC(C)C(C)C)c(C)n1CC1CCCO1. The number of nitriles is 1. The fraction of sp³-hybridized carbons (Fsp3) is 0.600. The Bertz CT molecular complexity index is 689. The number of nitrogens with one attached hydrogen (secondary N) is 1. The zero-order valence-electron chi connectivity index (χ0n) is 15.9. The van der Waals surface area contributed by atoms with Gasteiger partial charge in [-0.3, -0.25) is 4.79 Å². The fourth-order valence-electron chi connectivity index (χ4n) is 3.00. The molecule has 1 N–H and O–H groups in total. The molecule has 1 aliphatic rings. The molecule has 0 saturated carbocycles. The Morgan fingerprint density at radius 1 is 1.48 bits per heavy atom. The summed E-state index contributed by atoms with van der Waals surface area (Å²) >= 11 is 0. The van der Waals surface area contributed by atoms with Crippen LogP contribution in [0.4, 0.5) is 0 Å². The summed E-state index contributed by atoms with van der Waals surface area (Å²) in [5.74, 6) is 0.00741. The molecular weight excluding hydrogens is 314 g/mol. The molecule has 0 radical (unpaired) electrons. The molecule has 0 spiro atoms. The number of aromatic nitrogens is 1. The van der Waals surface area contributed by atoms with Crippen LogP contribution in [0.3, 0.4) is 0 Å². The van der Waals surface area contributed by atoms with E-state index in [1.165, 1.54) is 0 Å². The maximum atomic E-state index is 12.3. The quantitative estimate of drug-likeness (QED) is 0.636. The minimum absolute atomic E-state index is 0.0243. The van der Waals surface area contributed by atoms with Crippen LogP contribution in [-0.4, -0.2) is 29.2 Å². The highest BCUT2D eigenvalue weighted by atomic mass is 16.5. The van der Waals surface area contributed by atoms with Crippen molar-refractivity contribution in [1.29, 1.82) is 5.26 Å². The van der Waals surface area contributed by atoms with Gasteiger partial charge < -0.3 is 14.6 Å². The van der Waals surface area contributed by atoms with E-state index in [4.69, 9.17) is 4.74 Å². The van der Waals surface area contributed by atoms with E-state index in [2.05, 4.69) is 9.88 Å². The lowest BCUT2D eigenvalue weighted by molar-refractivity contribution is -0.117. The van der Waals surface area contributed by atoms with Gasteiger partial charge in [-0.1, -0.05) is 13.8 Å². The minimum atomic E-state index is -0.312. The largest absolute Gasteiger partial charge is 0.376 e. The van der Waals surface area contributed by atoms with Gasteiger partial charge in [0, 0.05) is 30.6 Å². The van der Waals surface area contributed by atoms with E-state index in [-0.39, 0.29) is 23.6 Å². The Kier molecular flexibility index (Phi) is 6.44. The zero-order chi connectivity index (χ0) is 18.6. The maximum absolute atomic E-state index is 12.3. The molecule has 0 aromatic carbocycles. The third-order valence-electron chi connectivity index (χ3n) is 5.05. The Hall–Kier alpha value is -2.06. The van der Waals surface area contributed by atoms with Crippen LogP contribution in [0, 0.1) is 31.1 Å². The van der Waals surface area contributed by atoms with Crippen LogP contribution in [0.25, 0.3) is 6.08 Å². The molecule has 1 saturated heterocycles. The first-order chi connectivity index (χ1) is 11.8. The number of carbonyl (C=O) groups is 1. The van der Waals surface area contributed by atoms with Gasteiger partial charge >= 0.3 is 0 Å². The van der Waals surface area contributed by atoms with Gasteiger partial charge in [0.1, 0.15) is 11.6 Å². The summed E-state index contributed by atoms with van der Waals surface area (Å²) in [4.78, 5) is 12.3. The number of nitrogens with zero attached hydrogens (tertiary/aromatic N) is 2. The van der Waals surface area contributed by atoms with Crippen LogP contribution in [0.1, 0.15) is 50.6 Å². The van der Waals surface area contributed by atoms with E-state index in [0.29, 0.717) is 5.92 Å². The molecule has 2 atom stereocenters. The lowest BCUT2D eigenvalue weighted by atomic mass is 10.1. The molecular formula is C20H29N3O2. The van der Waals surface area contributed by atoms with Crippen molar-refractivity contribution >= 4 is 12.0 Å². The van der Waals surface area contributed by atoms with Crippen LogP contribution < -0.4 is 5.32 Å². The molecule has 5 heteroatoms. The van der Waals surface area contributed by atoms with Gasteiger partial charge in [-0.15, -0.1) is 0 Å². The van der Waals surface area contributed by atoms with Crippen molar-refractivity contribution in [2.24, 2.45) is 5.92 Å². The number of amides is 1. The second-order valence-electron chi connectivity index (χ2n) is 7.25. The van der Waals surface area contributed by atoms with E-state index >= 15 is 0 Å². The minimum Gasteiger partial charge on any atom is -0.376 e. The van der Waals surface area contributed by atoms with Crippen LogP contribution in [0.15, 0.2) is 11.6 Å². The smallest absolute Gasteiger partial charge is 0.262 e. The summed E-state index contributed by atoms with van der Waals surface area (Å²) in [6, 6.07) is 4.09. The fourth-order valence-corrected chi connectivity index (χ4v) is 3.00. The van der Waals surface area contributed by atoms with Gasteiger partial charge in [0.25, 0.3) is 5.91 Å². The van der Waals surface area contributed by atoms with Crippen LogP contribution in [0.2, 0.25) is 0 Å². The lowest BCUT2D eigenvalue weighted by Gasteiger charge is -2.17. The molecule has 136 valence electrons. The van der Waals surface area contributed by atoms with E-state index < -0.39 is 0 Å². The third kappa shape index (κ3) is 4.73. The molecule has 5 nitrogen and oxygen atoms in total. The number of ether oxygens (including phenoxy) is 1. The maximum Gasteiger partial charge on any atom is 0.262 e. The number of hydrogen-bond donors (Lipinski definition) is 1. The predicted molar refractivity (Wildman–Crippen MR) is 98.9 cm³/mol. The lowest BCUT2D eigenvalue weighted by Crippen LogP contribution is -2.36. The number of carbonyl (C=O) groups excluding carboxylic acids is 1.